The molecule has 1 N–H and O–H groups in total. The van der Waals surface area contributed by atoms with Gasteiger partial charge < -0.3 is 24.6 Å². The van der Waals surface area contributed by atoms with E-state index in [0.29, 0.717) is 48.4 Å². The minimum absolute atomic E-state index is 0.0390. The molecule has 2 fully saturated rings. The number of ether oxygens (including phenoxy) is 2. The van der Waals surface area contributed by atoms with Crippen LogP contribution in [0.3, 0.4) is 0 Å². The molecule has 4 rings (SSSR count). The first-order chi connectivity index (χ1) is 16.2. The topological polar surface area (TPSA) is 71.1 Å². The van der Waals surface area contributed by atoms with E-state index in [1.165, 1.54) is 0 Å². The smallest absolute Gasteiger partial charge is 0.321 e. The molecule has 2 heterocycles. The maximum Gasteiger partial charge on any atom is 0.321 e. The molecule has 0 radical (unpaired) electrons. The number of likely N-dealkylation sites (tertiary alicyclic amines) is 2. The Morgan fingerprint density at radius 3 is 2.18 bits per heavy atom. The average Bonchev–Trinajstić information content (AvgIpc) is 3.24. The molecule has 2 saturated heterocycles. The van der Waals surface area contributed by atoms with E-state index in [1.807, 2.05) is 46.2 Å². The van der Waals surface area contributed by atoms with Crippen molar-refractivity contribution in [1.29, 1.82) is 0 Å². The van der Waals surface area contributed by atoms with Crippen LogP contribution in [0.25, 0.3) is 0 Å². The molecule has 0 unspecified atom stereocenters. The van der Waals surface area contributed by atoms with Gasteiger partial charge in [-0.3, -0.25) is 4.79 Å². The normalized spacial score (nSPS) is 17.5. The highest BCUT2D eigenvalue weighted by molar-refractivity contribution is 6.32. The molecule has 0 aromatic heterocycles. The van der Waals surface area contributed by atoms with Gasteiger partial charge in [-0.05, 0) is 62.8 Å². The number of hydrogen-bond acceptors (Lipinski definition) is 4. The lowest BCUT2D eigenvalue weighted by Gasteiger charge is -2.39. The van der Waals surface area contributed by atoms with Crippen molar-refractivity contribution in [1.82, 2.24) is 9.80 Å². The first kappa shape index (κ1) is 24.2. The summed E-state index contributed by atoms with van der Waals surface area (Å²) in [6.07, 6.45) is 2.66. The van der Waals surface area contributed by atoms with E-state index in [1.54, 1.807) is 33.1 Å². The third kappa shape index (κ3) is 5.09. The number of benzene rings is 2. The highest BCUT2D eigenvalue weighted by Gasteiger charge is 2.46. The number of carbonyl (C=O) groups is 2. The van der Waals surface area contributed by atoms with Crippen molar-refractivity contribution in [2.24, 2.45) is 5.41 Å². The number of rotatable bonds is 5. The van der Waals surface area contributed by atoms with Crippen molar-refractivity contribution >= 4 is 29.2 Å². The van der Waals surface area contributed by atoms with Crippen LogP contribution in [-0.4, -0.2) is 60.6 Å². The van der Waals surface area contributed by atoms with E-state index in [4.69, 9.17) is 21.1 Å². The lowest BCUT2D eigenvalue weighted by Crippen LogP contribution is -2.50. The zero-order valence-corrected chi connectivity index (χ0v) is 20.7. The Kier molecular flexibility index (Phi) is 6.94. The summed E-state index contributed by atoms with van der Waals surface area (Å²) in [7, 11) is 1.59. The molecule has 8 heteroatoms. The van der Waals surface area contributed by atoms with E-state index in [-0.39, 0.29) is 17.4 Å². The van der Waals surface area contributed by atoms with E-state index >= 15 is 0 Å². The van der Waals surface area contributed by atoms with Crippen LogP contribution in [-0.2, 0) is 4.79 Å². The number of anilines is 1. The van der Waals surface area contributed by atoms with Crippen LogP contribution in [0.5, 0.6) is 11.5 Å². The first-order valence-corrected chi connectivity index (χ1v) is 12.0. The van der Waals surface area contributed by atoms with E-state index in [0.717, 1.165) is 19.3 Å². The van der Waals surface area contributed by atoms with Crippen LogP contribution in [0, 0.1) is 5.41 Å². The minimum Gasteiger partial charge on any atom is -0.495 e. The molecular formula is C26H32ClN3O4. The molecule has 3 amide bonds. The summed E-state index contributed by atoms with van der Waals surface area (Å²) in [5.74, 6) is 1.10. The lowest BCUT2D eigenvalue weighted by atomic mass is 9.78. The average molecular weight is 486 g/mol. The summed E-state index contributed by atoms with van der Waals surface area (Å²) in [6, 6.07) is 14.4. The van der Waals surface area contributed by atoms with Gasteiger partial charge in [0.2, 0.25) is 0 Å². The molecule has 0 saturated carbocycles. The Balaban J connectivity index is 1.33. The molecule has 0 atom stereocenters. The minimum atomic E-state index is -1.02. The van der Waals surface area contributed by atoms with Crippen molar-refractivity contribution in [3.63, 3.8) is 0 Å². The summed E-state index contributed by atoms with van der Waals surface area (Å²) < 4.78 is 11.3. The Labute approximate surface area is 206 Å². The molecule has 182 valence electrons. The standard InChI is InChI=1S/C26H32ClN3O4/c1-25(2,34-21-10-6-4-8-19(21)27)23(31)30-17-14-26(18-30)12-15-29(16-13-26)24(32)28-20-9-5-7-11-22(20)33-3/h4-11H,12-18H2,1-3H3,(H,28,32). The summed E-state index contributed by atoms with van der Waals surface area (Å²) in [5, 5.41) is 3.44. The lowest BCUT2D eigenvalue weighted by molar-refractivity contribution is -0.144. The van der Waals surface area contributed by atoms with Gasteiger partial charge in [-0.15, -0.1) is 0 Å². The van der Waals surface area contributed by atoms with Crippen molar-refractivity contribution < 1.29 is 19.1 Å². The molecule has 2 aliphatic rings. The van der Waals surface area contributed by atoms with Gasteiger partial charge in [-0.1, -0.05) is 35.9 Å². The summed E-state index contributed by atoms with van der Waals surface area (Å²) >= 11 is 6.22. The predicted molar refractivity (Wildman–Crippen MR) is 133 cm³/mol. The van der Waals surface area contributed by atoms with Crippen LogP contribution < -0.4 is 14.8 Å². The number of methoxy groups -OCH3 is 1. The largest absolute Gasteiger partial charge is 0.495 e. The molecule has 34 heavy (non-hydrogen) atoms. The fraction of sp³-hybridized carbons (Fsp3) is 0.462. The molecule has 2 aromatic rings. The molecular weight excluding hydrogens is 454 g/mol. The molecule has 1 spiro atoms. The zero-order chi connectivity index (χ0) is 24.3. The van der Waals surface area contributed by atoms with Gasteiger partial charge in [0.25, 0.3) is 5.91 Å². The van der Waals surface area contributed by atoms with Gasteiger partial charge in [-0.25, -0.2) is 4.79 Å². The summed E-state index contributed by atoms with van der Waals surface area (Å²) in [4.78, 5) is 29.9. The third-order valence-electron chi connectivity index (χ3n) is 6.90. The van der Waals surface area contributed by atoms with Gasteiger partial charge in [0.15, 0.2) is 5.60 Å². The van der Waals surface area contributed by atoms with Gasteiger partial charge in [-0.2, -0.15) is 0 Å². The number of carbonyl (C=O) groups excluding carboxylic acids is 2. The Hall–Kier alpha value is -2.93. The zero-order valence-electron chi connectivity index (χ0n) is 20.0. The quantitative estimate of drug-likeness (QED) is 0.643. The maximum absolute atomic E-state index is 13.3. The number of halogens is 1. The summed E-state index contributed by atoms with van der Waals surface area (Å²) in [6.45, 7) is 6.26. The first-order valence-electron chi connectivity index (χ1n) is 11.6. The number of urea groups is 1. The van der Waals surface area contributed by atoms with Crippen molar-refractivity contribution in [2.45, 2.75) is 38.7 Å². The second-order valence-electron chi connectivity index (χ2n) is 9.64. The van der Waals surface area contributed by atoms with Crippen LogP contribution in [0.2, 0.25) is 5.02 Å². The Morgan fingerprint density at radius 2 is 1.53 bits per heavy atom. The van der Waals surface area contributed by atoms with Crippen molar-refractivity contribution in [2.75, 3.05) is 38.6 Å². The van der Waals surface area contributed by atoms with Gasteiger partial charge in [0.05, 0.1) is 17.8 Å². The number of hydrogen-bond donors (Lipinski definition) is 1. The van der Waals surface area contributed by atoms with Crippen LogP contribution in [0.15, 0.2) is 48.5 Å². The Bertz CT molecular complexity index is 1050. The number of nitrogens with one attached hydrogen (secondary N) is 1. The highest BCUT2D eigenvalue weighted by atomic mass is 35.5. The Morgan fingerprint density at radius 1 is 0.941 bits per heavy atom. The SMILES string of the molecule is COc1ccccc1NC(=O)N1CCC2(CC1)CCN(C(=O)C(C)(C)Oc1ccccc1Cl)C2. The number of nitrogens with zero attached hydrogens (tertiary/aromatic N) is 2. The number of piperidine rings is 1. The van der Waals surface area contributed by atoms with Gasteiger partial charge >= 0.3 is 6.03 Å². The van der Waals surface area contributed by atoms with Crippen LogP contribution in [0.4, 0.5) is 10.5 Å². The third-order valence-corrected chi connectivity index (χ3v) is 7.21. The molecule has 2 aromatic carbocycles. The van der Waals surface area contributed by atoms with E-state index < -0.39 is 5.60 Å². The second kappa shape index (κ2) is 9.74. The molecule has 0 aliphatic carbocycles. The maximum atomic E-state index is 13.3. The van der Waals surface area contributed by atoms with Crippen molar-refractivity contribution in [3.8, 4) is 11.5 Å². The highest BCUT2D eigenvalue weighted by Crippen LogP contribution is 2.41. The number of amides is 3. The van der Waals surface area contributed by atoms with E-state index in [9.17, 15) is 9.59 Å². The van der Waals surface area contributed by atoms with Gasteiger partial charge in [0, 0.05) is 26.2 Å². The molecule has 7 nitrogen and oxygen atoms in total. The fourth-order valence-electron chi connectivity index (χ4n) is 4.87. The summed E-state index contributed by atoms with van der Waals surface area (Å²) in [5.41, 5.74) is -0.322. The molecule has 2 aliphatic heterocycles. The number of para-hydroxylation sites is 3. The fourth-order valence-corrected chi connectivity index (χ4v) is 5.04. The predicted octanol–water partition coefficient (Wildman–Crippen LogP) is 5.05. The monoisotopic (exact) mass is 485 g/mol. The molecule has 0 bridgehead atoms. The van der Waals surface area contributed by atoms with E-state index in [2.05, 4.69) is 5.32 Å². The second-order valence-corrected chi connectivity index (χ2v) is 10.0. The van der Waals surface area contributed by atoms with Crippen LogP contribution >= 0.6 is 11.6 Å². The van der Waals surface area contributed by atoms with Crippen LogP contribution in [0.1, 0.15) is 33.1 Å². The van der Waals surface area contributed by atoms with Gasteiger partial charge in [0.1, 0.15) is 11.5 Å². The van der Waals surface area contributed by atoms with Crippen molar-refractivity contribution in [3.05, 3.63) is 53.6 Å².